The van der Waals surface area contributed by atoms with E-state index in [2.05, 4.69) is 53.1 Å². The molecule has 5 heteroatoms. The summed E-state index contributed by atoms with van der Waals surface area (Å²) in [6.45, 7) is 0. The van der Waals surface area contributed by atoms with Crippen molar-refractivity contribution in [2.75, 3.05) is 0 Å². The third kappa shape index (κ3) is 4.00. The zero-order chi connectivity index (χ0) is 30.0. The summed E-state index contributed by atoms with van der Waals surface area (Å²) in [5.74, 6) is -0.698. The van der Waals surface area contributed by atoms with Crippen LogP contribution in [0.3, 0.4) is 0 Å². The molecule has 0 saturated heterocycles. The van der Waals surface area contributed by atoms with Gasteiger partial charge >= 0.3 is 6.18 Å². The Balaban J connectivity index is 1.37. The average Bonchev–Trinajstić information content (AvgIpc) is 3.38. The SMILES string of the molecule is Fc1ccc(C(F)(F)F)cc1-c1c2ccccc2c(-c2ccc(-n3c4ccccc4c4ccccc43)cc2)c2ccccc12. The minimum Gasteiger partial charge on any atom is -0.309 e. The van der Waals surface area contributed by atoms with Crippen molar-refractivity contribution in [3.63, 3.8) is 0 Å². The first-order valence-electron chi connectivity index (χ1n) is 14.3. The summed E-state index contributed by atoms with van der Waals surface area (Å²) >= 11 is 0. The molecule has 212 valence electrons. The van der Waals surface area contributed by atoms with Gasteiger partial charge in [-0.2, -0.15) is 13.2 Å². The lowest BCUT2D eigenvalue weighted by Crippen LogP contribution is -2.05. The molecule has 0 fully saturated rings. The van der Waals surface area contributed by atoms with Crippen LogP contribution in [-0.4, -0.2) is 4.57 Å². The fraction of sp³-hybridized carbons (Fsp3) is 0.0256. The van der Waals surface area contributed by atoms with Crippen LogP contribution in [0, 0.1) is 5.82 Å². The Morgan fingerprint density at radius 2 is 0.909 bits per heavy atom. The highest BCUT2D eigenvalue weighted by molar-refractivity contribution is 6.21. The number of hydrogen-bond acceptors (Lipinski definition) is 0. The zero-order valence-electron chi connectivity index (χ0n) is 23.2. The first kappa shape index (κ1) is 26.2. The molecule has 0 unspecified atom stereocenters. The molecule has 1 heterocycles. The van der Waals surface area contributed by atoms with Crippen molar-refractivity contribution in [2.45, 2.75) is 6.18 Å². The minimum absolute atomic E-state index is 0.0690. The lowest BCUT2D eigenvalue weighted by molar-refractivity contribution is -0.137. The first-order valence-corrected chi connectivity index (χ1v) is 14.3. The van der Waals surface area contributed by atoms with Gasteiger partial charge in [-0.15, -0.1) is 0 Å². The van der Waals surface area contributed by atoms with Gasteiger partial charge in [-0.25, -0.2) is 4.39 Å². The number of alkyl halides is 3. The molecule has 7 aromatic carbocycles. The van der Waals surface area contributed by atoms with E-state index < -0.39 is 17.6 Å². The van der Waals surface area contributed by atoms with Crippen LogP contribution < -0.4 is 0 Å². The number of nitrogens with zero attached hydrogens (tertiary/aromatic N) is 1. The van der Waals surface area contributed by atoms with E-state index in [1.807, 2.05) is 72.8 Å². The number of fused-ring (bicyclic) bond motifs is 5. The lowest BCUT2D eigenvalue weighted by Gasteiger charge is -2.19. The van der Waals surface area contributed by atoms with Gasteiger partial charge in [-0.3, -0.25) is 0 Å². The summed E-state index contributed by atoms with van der Waals surface area (Å²) in [6, 6.07) is 42.7. The van der Waals surface area contributed by atoms with Gasteiger partial charge in [0.15, 0.2) is 0 Å². The maximum absolute atomic E-state index is 15.4. The van der Waals surface area contributed by atoms with Gasteiger partial charge in [-0.1, -0.05) is 97.1 Å². The van der Waals surface area contributed by atoms with Crippen molar-refractivity contribution in [1.82, 2.24) is 4.57 Å². The third-order valence-electron chi connectivity index (χ3n) is 8.49. The van der Waals surface area contributed by atoms with E-state index in [4.69, 9.17) is 0 Å². The van der Waals surface area contributed by atoms with Gasteiger partial charge in [0.05, 0.1) is 16.6 Å². The summed E-state index contributed by atoms with van der Waals surface area (Å²) < 4.78 is 58.7. The Morgan fingerprint density at radius 1 is 0.455 bits per heavy atom. The highest BCUT2D eigenvalue weighted by Crippen LogP contribution is 2.45. The number of rotatable bonds is 3. The van der Waals surface area contributed by atoms with Crippen molar-refractivity contribution in [1.29, 1.82) is 0 Å². The number of halogens is 4. The van der Waals surface area contributed by atoms with E-state index in [0.29, 0.717) is 16.3 Å². The van der Waals surface area contributed by atoms with Crippen molar-refractivity contribution < 1.29 is 17.6 Å². The first-order chi connectivity index (χ1) is 21.4. The highest BCUT2D eigenvalue weighted by Gasteiger charge is 2.32. The van der Waals surface area contributed by atoms with Gasteiger partial charge in [-0.05, 0) is 75.1 Å². The topological polar surface area (TPSA) is 4.93 Å². The molecule has 0 N–H and O–H groups in total. The molecule has 0 bridgehead atoms. The largest absolute Gasteiger partial charge is 0.416 e. The fourth-order valence-electron chi connectivity index (χ4n) is 6.60. The standard InChI is InChI=1S/C39H23F4N/c40-34-22-19-25(39(41,42)43)23-33(34)38-31-13-3-1-11-29(31)37(30-12-2-4-14-32(30)38)24-17-20-26(21-18-24)44-35-15-7-5-9-27(35)28-10-6-8-16-36(28)44/h1-23H. The van der Waals surface area contributed by atoms with Gasteiger partial charge in [0.1, 0.15) is 5.82 Å². The Hall–Kier alpha value is -5.42. The predicted molar refractivity (Wildman–Crippen MR) is 172 cm³/mol. The van der Waals surface area contributed by atoms with Gasteiger partial charge < -0.3 is 4.57 Å². The number of benzene rings is 7. The molecule has 8 rings (SSSR count). The number of para-hydroxylation sites is 2. The Kier molecular flexibility index (Phi) is 5.85. The summed E-state index contributed by atoms with van der Waals surface area (Å²) in [5, 5.41) is 5.41. The maximum atomic E-state index is 15.4. The summed E-state index contributed by atoms with van der Waals surface area (Å²) in [5.41, 5.74) is 4.65. The van der Waals surface area contributed by atoms with Crippen LogP contribution in [0.5, 0.6) is 0 Å². The second-order valence-electron chi connectivity index (χ2n) is 11.0. The van der Waals surface area contributed by atoms with Crippen molar-refractivity contribution in [3.8, 4) is 27.9 Å². The lowest BCUT2D eigenvalue weighted by atomic mass is 9.85. The summed E-state index contributed by atoms with van der Waals surface area (Å²) in [6.07, 6.45) is -4.59. The molecule has 0 spiro atoms. The Morgan fingerprint density at radius 3 is 1.41 bits per heavy atom. The number of hydrogen-bond donors (Lipinski definition) is 0. The summed E-state index contributed by atoms with van der Waals surface area (Å²) in [4.78, 5) is 0. The van der Waals surface area contributed by atoms with Crippen molar-refractivity contribution >= 4 is 43.4 Å². The molecule has 1 nitrogen and oxygen atoms in total. The van der Waals surface area contributed by atoms with E-state index in [0.717, 1.165) is 56.8 Å². The molecule has 0 aliphatic heterocycles. The number of aromatic nitrogens is 1. The van der Waals surface area contributed by atoms with Crippen molar-refractivity contribution in [2.24, 2.45) is 0 Å². The summed E-state index contributed by atoms with van der Waals surface area (Å²) in [7, 11) is 0. The van der Waals surface area contributed by atoms with Crippen LogP contribution in [0.1, 0.15) is 5.56 Å². The molecule has 0 atom stereocenters. The second-order valence-corrected chi connectivity index (χ2v) is 11.0. The van der Waals surface area contributed by atoms with E-state index in [1.165, 1.54) is 10.8 Å². The van der Waals surface area contributed by atoms with Gasteiger partial charge in [0.2, 0.25) is 0 Å². The van der Waals surface area contributed by atoms with Crippen LogP contribution in [0.25, 0.3) is 71.3 Å². The molecule has 0 radical (unpaired) electrons. The van der Waals surface area contributed by atoms with Gasteiger partial charge in [0.25, 0.3) is 0 Å². The minimum atomic E-state index is -4.59. The molecule has 44 heavy (non-hydrogen) atoms. The van der Waals surface area contributed by atoms with Crippen LogP contribution in [0.2, 0.25) is 0 Å². The second kappa shape index (κ2) is 9.81. The van der Waals surface area contributed by atoms with Crippen LogP contribution >= 0.6 is 0 Å². The van der Waals surface area contributed by atoms with E-state index >= 15 is 4.39 Å². The predicted octanol–water partition coefficient (Wildman–Crippen LogP) is 11.6. The molecule has 0 amide bonds. The van der Waals surface area contributed by atoms with E-state index in [-0.39, 0.29) is 5.56 Å². The fourth-order valence-corrected chi connectivity index (χ4v) is 6.60. The van der Waals surface area contributed by atoms with E-state index in [1.54, 1.807) is 0 Å². The molecular weight excluding hydrogens is 558 g/mol. The molecule has 0 saturated carbocycles. The maximum Gasteiger partial charge on any atom is 0.416 e. The molecule has 0 aliphatic carbocycles. The molecule has 0 aliphatic rings. The normalized spacial score (nSPS) is 12.1. The van der Waals surface area contributed by atoms with E-state index in [9.17, 15) is 13.2 Å². The zero-order valence-corrected chi connectivity index (χ0v) is 23.2. The molecular formula is C39H23F4N. The molecule has 1 aromatic heterocycles. The van der Waals surface area contributed by atoms with Gasteiger partial charge in [0, 0.05) is 27.6 Å². The van der Waals surface area contributed by atoms with Crippen molar-refractivity contribution in [3.05, 3.63) is 151 Å². The Bertz CT molecular complexity index is 2270. The highest BCUT2D eigenvalue weighted by atomic mass is 19.4. The van der Waals surface area contributed by atoms with Crippen LogP contribution in [-0.2, 0) is 6.18 Å². The molecule has 8 aromatic rings. The Labute approximate surface area is 250 Å². The smallest absolute Gasteiger partial charge is 0.309 e. The monoisotopic (exact) mass is 581 g/mol. The van der Waals surface area contributed by atoms with Crippen LogP contribution in [0.4, 0.5) is 17.6 Å². The average molecular weight is 582 g/mol. The van der Waals surface area contributed by atoms with Crippen LogP contribution in [0.15, 0.2) is 140 Å². The third-order valence-corrected chi connectivity index (χ3v) is 8.49. The quantitative estimate of drug-likeness (QED) is 0.144.